The molecule has 0 saturated heterocycles. The van der Waals surface area contributed by atoms with Gasteiger partial charge in [-0.05, 0) is 64.8 Å². The van der Waals surface area contributed by atoms with E-state index in [1.807, 2.05) is 18.2 Å². The molecule has 0 atom stereocenters. The van der Waals surface area contributed by atoms with Crippen LogP contribution in [-0.2, 0) is 13.0 Å². The highest BCUT2D eigenvalue weighted by Gasteiger charge is 2.16. The zero-order valence-corrected chi connectivity index (χ0v) is 14.6. The van der Waals surface area contributed by atoms with Gasteiger partial charge < -0.3 is 15.0 Å². The van der Waals surface area contributed by atoms with Crippen molar-refractivity contribution in [2.45, 2.75) is 13.0 Å². The monoisotopic (exact) mass is 374 g/mol. The van der Waals surface area contributed by atoms with Gasteiger partial charge in [0, 0.05) is 18.8 Å². The Labute approximate surface area is 144 Å². The molecule has 0 aromatic heterocycles. The summed E-state index contributed by atoms with van der Waals surface area (Å²) in [5, 5.41) is 2.97. The molecule has 0 radical (unpaired) electrons. The second-order valence-electron chi connectivity index (χ2n) is 5.68. The van der Waals surface area contributed by atoms with Crippen molar-refractivity contribution in [2.24, 2.45) is 0 Å². The van der Waals surface area contributed by atoms with Crippen LogP contribution in [-0.4, -0.2) is 29.9 Å². The molecule has 0 saturated carbocycles. The third kappa shape index (κ3) is 3.74. The molecule has 3 rings (SSSR count). The second kappa shape index (κ2) is 7.15. The fraction of sp³-hybridized carbons (Fsp3) is 0.278. The van der Waals surface area contributed by atoms with Gasteiger partial charge in [0.15, 0.2) is 0 Å². The Balaban J connectivity index is 1.80. The molecule has 1 amide bonds. The molecular weight excluding hydrogens is 356 g/mol. The average Bonchev–Trinajstić information content (AvgIpc) is 2.55. The summed E-state index contributed by atoms with van der Waals surface area (Å²) in [4.78, 5) is 14.8. The minimum absolute atomic E-state index is 0.161. The first-order valence-electron chi connectivity index (χ1n) is 7.57. The van der Waals surface area contributed by atoms with Crippen molar-refractivity contribution in [3.63, 3.8) is 0 Å². The molecule has 2 aromatic carbocycles. The van der Waals surface area contributed by atoms with Crippen molar-refractivity contribution in [2.75, 3.05) is 24.4 Å². The van der Waals surface area contributed by atoms with Crippen LogP contribution in [0.5, 0.6) is 5.75 Å². The van der Waals surface area contributed by atoms with Crippen LogP contribution >= 0.6 is 15.9 Å². The van der Waals surface area contributed by atoms with Gasteiger partial charge in [-0.25, -0.2) is 0 Å². The summed E-state index contributed by atoms with van der Waals surface area (Å²) in [6, 6.07) is 13.4. The topological polar surface area (TPSA) is 41.6 Å². The number of nitrogens with one attached hydrogen (secondary N) is 1. The molecule has 5 heteroatoms. The van der Waals surface area contributed by atoms with E-state index in [-0.39, 0.29) is 5.91 Å². The summed E-state index contributed by atoms with van der Waals surface area (Å²) in [7, 11) is 2.11. The number of benzene rings is 2. The Morgan fingerprint density at radius 2 is 2.09 bits per heavy atom. The van der Waals surface area contributed by atoms with Crippen molar-refractivity contribution in [1.82, 2.24) is 4.90 Å². The fourth-order valence-electron chi connectivity index (χ4n) is 2.81. The standard InChI is InChI=1S/C18H19BrN2O2/c1-21-9-8-13-6-7-15(10-14(13)11-21)20-18(22)16-4-2-3-5-17(16)23-12-19/h2-7,10H,8-9,11-12H2,1H3,(H,20,22). The minimum atomic E-state index is -0.161. The Morgan fingerprint density at radius 1 is 1.26 bits per heavy atom. The van der Waals surface area contributed by atoms with Gasteiger partial charge in [0.05, 0.1) is 5.56 Å². The van der Waals surface area contributed by atoms with Crippen LogP contribution in [0.1, 0.15) is 21.5 Å². The van der Waals surface area contributed by atoms with E-state index >= 15 is 0 Å². The highest BCUT2D eigenvalue weighted by atomic mass is 79.9. The van der Waals surface area contributed by atoms with Gasteiger partial charge in [-0.2, -0.15) is 0 Å². The molecule has 1 N–H and O–H groups in total. The van der Waals surface area contributed by atoms with Gasteiger partial charge in [-0.15, -0.1) is 0 Å². The van der Waals surface area contributed by atoms with Crippen LogP contribution < -0.4 is 10.1 Å². The molecule has 120 valence electrons. The average molecular weight is 375 g/mol. The van der Waals surface area contributed by atoms with E-state index in [2.05, 4.69) is 45.3 Å². The summed E-state index contributed by atoms with van der Waals surface area (Å²) in [6.07, 6.45) is 1.06. The third-order valence-electron chi connectivity index (χ3n) is 4.01. The zero-order valence-electron chi connectivity index (χ0n) is 13.0. The molecule has 2 aromatic rings. The molecule has 0 aliphatic carbocycles. The summed E-state index contributed by atoms with van der Waals surface area (Å²) < 4.78 is 5.45. The fourth-order valence-corrected chi connectivity index (χ4v) is 3.06. The summed E-state index contributed by atoms with van der Waals surface area (Å²) in [5.41, 5.74) is 4.34. The molecule has 0 bridgehead atoms. The molecule has 4 nitrogen and oxygen atoms in total. The van der Waals surface area contributed by atoms with Gasteiger partial charge in [0.1, 0.15) is 11.3 Å². The smallest absolute Gasteiger partial charge is 0.259 e. The third-order valence-corrected chi connectivity index (χ3v) is 4.24. The maximum atomic E-state index is 12.5. The van der Waals surface area contributed by atoms with E-state index in [9.17, 15) is 4.79 Å². The maximum absolute atomic E-state index is 12.5. The number of anilines is 1. The molecule has 0 spiro atoms. The predicted molar refractivity (Wildman–Crippen MR) is 95.3 cm³/mol. The molecule has 1 aliphatic heterocycles. The largest absolute Gasteiger partial charge is 0.482 e. The number of hydrogen-bond acceptors (Lipinski definition) is 3. The predicted octanol–water partition coefficient (Wildman–Crippen LogP) is 3.66. The molecule has 1 aliphatic rings. The van der Waals surface area contributed by atoms with E-state index in [0.29, 0.717) is 16.8 Å². The van der Waals surface area contributed by atoms with Crippen LogP contribution in [0.4, 0.5) is 5.69 Å². The minimum Gasteiger partial charge on any atom is -0.482 e. The number of ether oxygens (including phenoxy) is 1. The van der Waals surface area contributed by atoms with Gasteiger partial charge in [-0.3, -0.25) is 4.79 Å². The summed E-state index contributed by atoms with van der Waals surface area (Å²) in [5.74, 6) is 0.408. The van der Waals surface area contributed by atoms with E-state index in [0.717, 1.165) is 25.2 Å². The molecule has 23 heavy (non-hydrogen) atoms. The second-order valence-corrected chi connectivity index (χ2v) is 6.13. The normalized spacial score (nSPS) is 14.2. The number of alkyl halides is 1. The lowest BCUT2D eigenvalue weighted by molar-refractivity contribution is 0.102. The number of amides is 1. The van der Waals surface area contributed by atoms with Crippen molar-refractivity contribution >= 4 is 27.5 Å². The number of rotatable bonds is 4. The maximum Gasteiger partial charge on any atom is 0.259 e. The number of para-hydroxylation sites is 1. The van der Waals surface area contributed by atoms with Crippen LogP contribution in [0, 0.1) is 0 Å². The Bertz CT molecular complexity index is 718. The van der Waals surface area contributed by atoms with Crippen LogP contribution in [0.15, 0.2) is 42.5 Å². The first kappa shape index (κ1) is 16.0. The summed E-state index contributed by atoms with van der Waals surface area (Å²) in [6.45, 7) is 2.00. The Morgan fingerprint density at radius 3 is 2.91 bits per heavy atom. The van der Waals surface area contributed by atoms with Gasteiger partial charge in [0.25, 0.3) is 5.91 Å². The van der Waals surface area contributed by atoms with Gasteiger partial charge in [0.2, 0.25) is 0 Å². The van der Waals surface area contributed by atoms with Crippen molar-refractivity contribution in [1.29, 1.82) is 0 Å². The lowest BCUT2D eigenvalue weighted by Crippen LogP contribution is -2.26. The highest BCUT2D eigenvalue weighted by molar-refractivity contribution is 9.09. The van der Waals surface area contributed by atoms with Gasteiger partial charge in [-0.1, -0.05) is 18.2 Å². The Kier molecular flexibility index (Phi) is 4.98. The first-order chi connectivity index (χ1) is 11.2. The number of fused-ring (bicyclic) bond motifs is 1. The number of nitrogens with zero attached hydrogens (tertiary/aromatic N) is 1. The van der Waals surface area contributed by atoms with Crippen molar-refractivity contribution in [3.05, 3.63) is 59.2 Å². The molecule has 0 fully saturated rings. The van der Waals surface area contributed by atoms with Crippen LogP contribution in [0.3, 0.4) is 0 Å². The van der Waals surface area contributed by atoms with Gasteiger partial charge >= 0.3 is 0 Å². The number of carbonyl (C=O) groups excluding carboxylic acids is 1. The molecule has 1 heterocycles. The van der Waals surface area contributed by atoms with Crippen LogP contribution in [0.2, 0.25) is 0 Å². The highest BCUT2D eigenvalue weighted by Crippen LogP contribution is 2.24. The number of hydrogen-bond donors (Lipinski definition) is 1. The number of likely N-dealkylation sites (N-methyl/N-ethyl adjacent to an activating group) is 1. The van der Waals surface area contributed by atoms with E-state index in [1.165, 1.54) is 11.1 Å². The lowest BCUT2D eigenvalue weighted by atomic mass is 9.99. The van der Waals surface area contributed by atoms with E-state index in [1.54, 1.807) is 12.1 Å². The van der Waals surface area contributed by atoms with Crippen molar-refractivity contribution < 1.29 is 9.53 Å². The lowest BCUT2D eigenvalue weighted by Gasteiger charge is -2.25. The first-order valence-corrected chi connectivity index (χ1v) is 8.69. The SMILES string of the molecule is CN1CCc2ccc(NC(=O)c3ccccc3OCBr)cc2C1. The van der Waals surface area contributed by atoms with Crippen molar-refractivity contribution in [3.8, 4) is 5.75 Å². The van der Waals surface area contributed by atoms with E-state index in [4.69, 9.17) is 4.74 Å². The molecule has 0 unspecified atom stereocenters. The molecular formula is C18H19BrN2O2. The quantitative estimate of drug-likeness (QED) is 0.830. The number of carbonyl (C=O) groups is 1. The summed E-state index contributed by atoms with van der Waals surface area (Å²) >= 11 is 3.22. The zero-order chi connectivity index (χ0) is 16.2. The van der Waals surface area contributed by atoms with E-state index < -0.39 is 0 Å². The Hall–Kier alpha value is -1.85. The number of halogens is 1. The van der Waals surface area contributed by atoms with Crippen LogP contribution in [0.25, 0.3) is 0 Å².